The van der Waals surface area contributed by atoms with Crippen LogP contribution < -0.4 is 15.4 Å². The molecule has 13 heteroatoms. The van der Waals surface area contributed by atoms with Crippen molar-refractivity contribution in [2.24, 2.45) is 5.92 Å². The summed E-state index contributed by atoms with van der Waals surface area (Å²) in [5.74, 6) is -0.713. The first-order valence-corrected chi connectivity index (χ1v) is 15.8. The number of nitrogens with zero attached hydrogens (tertiary/aromatic N) is 1. The number of aryl methyl sites for hydroxylation is 2. The van der Waals surface area contributed by atoms with E-state index in [1.807, 2.05) is 37.6 Å². The number of benzene rings is 2. The Kier molecular flexibility index (Phi) is 13.4. The molecule has 1 saturated carbocycles. The van der Waals surface area contributed by atoms with Gasteiger partial charge in [-0.15, -0.1) is 0 Å². The summed E-state index contributed by atoms with van der Waals surface area (Å²) in [5.41, 5.74) is 0.719. The molecule has 4 rings (SSSR count). The normalized spacial score (nSPS) is 13.5. The van der Waals surface area contributed by atoms with E-state index in [4.69, 9.17) is 0 Å². The molecule has 1 atom stereocenters. The Balaban J connectivity index is 0.000000325. The highest BCUT2D eigenvalue weighted by atomic mass is 32.2. The number of rotatable bonds is 10. The Hall–Kier alpha value is -3.87. The van der Waals surface area contributed by atoms with Gasteiger partial charge in [0.05, 0.1) is 4.90 Å². The van der Waals surface area contributed by atoms with Crippen LogP contribution in [0.5, 0.6) is 0 Å². The lowest BCUT2D eigenvalue weighted by Gasteiger charge is -2.16. The van der Waals surface area contributed by atoms with Crippen molar-refractivity contribution in [3.05, 3.63) is 65.4 Å². The number of carbonyl (C=O) groups is 2. The molecule has 3 aromatic rings. The molecule has 1 aliphatic carbocycles. The summed E-state index contributed by atoms with van der Waals surface area (Å²) in [4.78, 5) is 20.4. The highest BCUT2D eigenvalue weighted by Gasteiger charge is 2.40. The molecule has 242 valence electrons. The molecule has 1 aromatic heterocycles. The maximum absolute atomic E-state index is 13.2. The first-order valence-electron chi connectivity index (χ1n) is 14.3. The van der Waals surface area contributed by atoms with Crippen molar-refractivity contribution in [2.45, 2.75) is 90.4 Å². The van der Waals surface area contributed by atoms with Gasteiger partial charge in [0, 0.05) is 24.1 Å². The average molecular weight is 639 g/mol. The van der Waals surface area contributed by atoms with Crippen molar-refractivity contribution in [3.8, 4) is 11.1 Å². The van der Waals surface area contributed by atoms with Gasteiger partial charge in [-0.1, -0.05) is 74.0 Å². The maximum atomic E-state index is 13.2. The van der Waals surface area contributed by atoms with Gasteiger partial charge in [-0.2, -0.15) is 13.2 Å². The van der Waals surface area contributed by atoms with Crippen molar-refractivity contribution < 1.29 is 35.7 Å². The molecule has 0 saturated heterocycles. The number of sulfonamides is 1. The van der Waals surface area contributed by atoms with E-state index >= 15 is 0 Å². The fourth-order valence-corrected chi connectivity index (χ4v) is 4.93. The van der Waals surface area contributed by atoms with Crippen LogP contribution in [0.15, 0.2) is 57.9 Å². The van der Waals surface area contributed by atoms with Crippen molar-refractivity contribution in [3.63, 3.8) is 0 Å². The van der Waals surface area contributed by atoms with Gasteiger partial charge in [0.1, 0.15) is 11.3 Å². The van der Waals surface area contributed by atoms with Crippen LogP contribution in [0.1, 0.15) is 70.3 Å². The van der Waals surface area contributed by atoms with Gasteiger partial charge < -0.3 is 15.2 Å². The molecule has 44 heavy (non-hydrogen) atoms. The molecule has 0 bridgehead atoms. The van der Waals surface area contributed by atoms with E-state index in [0.29, 0.717) is 35.5 Å². The molecule has 1 heterocycles. The van der Waals surface area contributed by atoms with Gasteiger partial charge in [-0.05, 0) is 57.6 Å². The molecular formula is C31H41F3N4O5S. The molecule has 1 aliphatic rings. The number of amides is 2. The van der Waals surface area contributed by atoms with Gasteiger partial charge in [-0.25, -0.2) is 8.42 Å². The second kappa shape index (κ2) is 16.3. The van der Waals surface area contributed by atoms with Crippen LogP contribution >= 0.6 is 0 Å². The van der Waals surface area contributed by atoms with Crippen LogP contribution in [0.25, 0.3) is 11.1 Å². The quantitative estimate of drug-likeness (QED) is 0.214. The van der Waals surface area contributed by atoms with E-state index in [9.17, 15) is 31.2 Å². The molecular weight excluding hydrogens is 597 g/mol. The molecule has 0 radical (unpaired) electrons. The summed E-state index contributed by atoms with van der Waals surface area (Å²) in [5, 5.41) is 8.80. The second-order valence-electron chi connectivity index (χ2n) is 10.8. The van der Waals surface area contributed by atoms with Gasteiger partial charge in [0.25, 0.3) is 10.0 Å². The fraction of sp³-hybridized carbons (Fsp3) is 0.452. The fourth-order valence-electron chi connectivity index (χ4n) is 3.70. The second-order valence-corrected chi connectivity index (χ2v) is 12.5. The highest BCUT2D eigenvalue weighted by Crippen LogP contribution is 2.38. The average Bonchev–Trinajstić information content (AvgIpc) is 3.69. The van der Waals surface area contributed by atoms with Crippen LogP contribution in [-0.4, -0.2) is 38.0 Å². The van der Waals surface area contributed by atoms with Crippen molar-refractivity contribution >= 4 is 28.2 Å². The lowest BCUT2D eigenvalue weighted by molar-refractivity contribution is -0.137. The maximum Gasteiger partial charge on any atom is 0.423 e. The largest absolute Gasteiger partial charge is 0.423 e. The lowest BCUT2D eigenvalue weighted by atomic mass is 10.0. The predicted octanol–water partition coefficient (Wildman–Crippen LogP) is 6.62. The Morgan fingerprint density at radius 3 is 2.18 bits per heavy atom. The highest BCUT2D eigenvalue weighted by molar-refractivity contribution is 7.92. The zero-order valence-electron chi connectivity index (χ0n) is 25.8. The van der Waals surface area contributed by atoms with E-state index in [1.54, 1.807) is 24.3 Å². The van der Waals surface area contributed by atoms with Crippen LogP contribution in [0.4, 0.5) is 19.0 Å². The number of anilines is 1. The number of halogens is 3. The minimum absolute atomic E-state index is 0.164. The molecule has 9 nitrogen and oxygen atoms in total. The molecule has 1 unspecified atom stereocenters. The molecule has 0 aliphatic heterocycles. The topological polar surface area (TPSA) is 130 Å². The third-order valence-electron chi connectivity index (χ3n) is 6.66. The Morgan fingerprint density at radius 1 is 1.07 bits per heavy atom. The summed E-state index contributed by atoms with van der Waals surface area (Å²) in [6, 6.07) is 14.0. The zero-order valence-corrected chi connectivity index (χ0v) is 26.6. The van der Waals surface area contributed by atoms with E-state index in [-0.39, 0.29) is 10.8 Å². The third-order valence-corrected chi connectivity index (χ3v) is 8.06. The minimum Gasteiger partial charge on any atom is -0.359 e. The van der Waals surface area contributed by atoms with Crippen molar-refractivity contribution in [1.29, 1.82) is 0 Å². The number of aromatic nitrogens is 1. The molecule has 2 aromatic carbocycles. The Labute approximate surface area is 257 Å². The van der Waals surface area contributed by atoms with Gasteiger partial charge in [0.15, 0.2) is 5.82 Å². The summed E-state index contributed by atoms with van der Waals surface area (Å²) in [6.45, 7) is 11.2. The van der Waals surface area contributed by atoms with Crippen LogP contribution in [0, 0.1) is 19.8 Å². The summed E-state index contributed by atoms with van der Waals surface area (Å²) >= 11 is 0. The number of hydrogen-bond acceptors (Lipinski definition) is 6. The third kappa shape index (κ3) is 11.3. The van der Waals surface area contributed by atoms with Gasteiger partial charge in [-0.3, -0.25) is 14.3 Å². The lowest BCUT2D eigenvalue weighted by Crippen LogP contribution is -2.35. The number of nitrogens with one attached hydrogen (secondary N) is 3. The summed E-state index contributed by atoms with van der Waals surface area (Å²) in [6.07, 6.45) is -0.110. The number of carbonyl (C=O) groups excluding carboxylic acids is 2. The molecule has 2 amide bonds. The summed E-state index contributed by atoms with van der Waals surface area (Å²) < 4.78 is 71.5. The molecule has 1 fully saturated rings. The van der Waals surface area contributed by atoms with Crippen molar-refractivity contribution in [1.82, 2.24) is 15.8 Å². The monoisotopic (exact) mass is 638 g/mol. The first-order chi connectivity index (χ1) is 20.6. The standard InChI is InChI=1S/C18H15F3N2O3S.C9H19NO.C4H7NO/c1-11-7-9-13(10-8-11)14-5-3-4-6-15(14)27(24,25)23-17-16(18(19,20)21)12(2)26-22-17;1-5-6-9(11)10-8(4)7(2)3;6-3-5-4-1-2-4/h3-10H,1-2H3,(H,22,23);7-8H,5-6H2,1-4H3,(H,10,11);3-4H,1-2H2,(H,5,6). The van der Waals surface area contributed by atoms with Crippen LogP contribution in [0.3, 0.4) is 0 Å². The van der Waals surface area contributed by atoms with E-state index < -0.39 is 33.3 Å². The molecule has 0 spiro atoms. The smallest absolute Gasteiger partial charge is 0.359 e. The van der Waals surface area contributed by atoms with E-state index in [0.717, 1.165) is 25.3 Å². The van der Waals surface area contributed by atoms with E-state index in [2.05, 4.69) is 34.2 Å². The number of hydrogen-bond donors (Lipinski definition) is 3. The Bertz CT molecular complexity index is 1470. The Morgan fingerprint density at radius 2 is 1.68 bits per heavy atom. The van der Waals surface area contributed by atoms with Crippen molar-refractivity contribution in [2.75, 3.05) is 4.72 Å². The molecule has 3 N–H and O–H groups in total. The van der Waals surface area contributed by atoms with E-state index in [1.165, 1.54) is 25.0 Å². The van der Waals surface area contributed by atoms with Gasteiger partial charge in [0.2, 0.25) is 12.3 Å². The first kappa shape index (κ1) is 36.3. The zero-order chi connectivity index (χ0) is 33.1. The summed E-state index contributed by atoms with van der Waals surface area (Å²) in [7, 11) is -4.34. The predicted molar refractivity (Wildman–Crippen MR) is 163 cm³/mol. The minimum atomic E-state index is -4.81. The van der Waals surface area contributed by atoms with Crippen LogP contribution in [0.2, 0.25) is 0 Å². The SMILES string of the molecule is CCCC(=O)NC(C)C(C)C.Cc1ccc(-c2ccccc2S(=O)(=O)Nc2noc(C)c2C(F)(F)F)cc1.O=CNC1CC1. The van der Waals surface area contributed by atoms with Crippen LogP contribution in [-0.2, 0) is 25.8 Å². The number of alkyl halides is 3. The van der Waals surface area contributed by atoms with Gasteiger partial charge >= 0.3 is 6.18 Å².